The number of aromatic nitrogens is 1. The van der Waals surface area contributed by atoms with E-state index in [1.54, 1.807) is 17.7 Å². The van der Waals surface area contributed by atoms with E-state index in [9.17, 15) is 4.79 Å². The van der Waals surface area contributed by atoms with Crippen LogP contribution in [0.5, 0.6) is 0 Å². The number of halogens is 1. The fraction of sp³-hybridized carbons (Fsp3) is 0.444. The third-order valence-corrected chi connectivity index (χ3v) is 2.42. The number of ether oxygens (including phenoxy) is 1. The quantitative estimate of drug-likeness (QED) is 0.667. The maximum atomic E-state index is 10.8. The summed E-state index contributed by atoms with van der Waals surface area (Å²) in [6.07, 6.45) is 2.65. The van der Waals surface area contributed by atoms with Crippen LogP contribution in [0.2, 0.25) is 0 Å². The number of aryl methyl sites for hydroxylation is 1. The first kappa shape index (κ1) is 11.5. The van der Waals surface area contributed by atoms with Gasteiger partial charge in [0.05, 0.1) is 0 Å². The molecule has 0 radical (unpaired) electrons. The van der Waals surface area contributed by atoms with Gasteiger partial charge in [-0.05, 0) is 35.1 Å². The molecule has 1 aromatic rings. The van der Waals surface area contributed by atoms with Gasteiger partial charge in [0, 0.05) is 30.0 Å². The predicted molar refractivity (Wildman–Crippen MR) is 60.6 cm³/mol. The monoisotopic (exact) mass is 309 g/mol. The highest BCUT2D eigenvalue weighted by atomic mass is 127. The van der Waals surface area contributed by atoms with Crippen molar-refractivity contribution in [2.45, 2.75) is 13.0 Å². The predicted octanol–water partition coefficient (Wildman–Crippen LogP) is 1.83. The van der Waals surface area contributed by atoms with Crippen LogP contribution in [0, 0.1) is 3.57 Å². The maximum Gasteiger partial charge on any atom is 0.352 e. The van der Waals surface area contributed by atoms with Gasteiger partial charge in [-0.1, -0.05) is 0 Å². The fourth-order valence-electron chi connectivity index (χ4n) is 1.22. The van der Waals surface area contributed by atoms with Gasteiger partial charge in [-0.2, -0.15) is 0 Å². The normalized spacial score (nSPS) is 10.4. The zero-order valence-electron chi connectivity index (χ0n) is 7.86. The van der Waals surface area contributed by atoms with Gasteiger partial charge in [0.1, 0.15) is 5.69 Å². The van der Waals surface area contributed by atoms with E-state index in [1.807, 2.05) is 6.20 Å². The van der Waals surface area contributed by atoms with Crippen molar-refractivity contribution in [1.29, 1.82) is 0 Å². The van der Waals surface area contributed by atoms with Crippen LogP contribution in [0.4, 0.5) is 0 Å². The molecule has 1 heterocycles. The van der Waals surface area contributed by atoms with Gasteiger partial charge >= 0.3 is 5.97 Å². The van der Waals surface area contributed by atoms with E-state index in [-0.39, 0.29) is 0 Å². The minimum Gasteiger partial charge on any atom is -0.477 e. The second-order valence-corrected chi connectivity index (χ2v) is 4.13. The Balaban J connectivity index is 2.69. The molecule has 1 N–H and O–H groups in total. The van der Waals surface area contributed by atoms with E-state index >= 15 is 0 Å². The molecule has 14 heavy (non-hydrogen) atoms. The number of aromatic carboxylic acids is 1. The van der Waals surface area contributed by atoms with Crippen molar-refractivity contribution in [3.63, 3.8) is 0 Å². The number of carboxylic acid groups (broad SMARTS) is 1. The molecule has 78 valence electrons. The lowest BCUT2D eigenvalue weighted by atomic mass is 10.4. The SMILES string of the molecule is COCCCn1cc(I)cc1C(=O)O. The Kier molecular flexibility index (Phi) is 4.40. The van der Waals surface area contributed by atoms with Gasteiger partial charge in [-0.25, -0.2) is 4.79 Å². The summed E-state index contributed by atoms with van der Waals surface area (Å²) >= 11 is 2.11. The molecule has 0 saturated heterocycles. The first-order valence-electron chi connectivity index (χ1n) is 4.23. The van der Waals surface area contributed by atoms with Crippen molar-refractivity contribution in [3.05, 3.63) is 21.5 Å². The van der Waals surface area contributed by atoms with Crippen molar-refractivity contribution < 1.29 is 14.6 Å². The van der Waals surface area contributed by atoms with Crippen molar-refractivity contribution in [2.24, 2.45) is 0 Å². The topological polar surface area (TPSA) is 51.5 Å². The molecule has 0 amide bonds. The van der Waals surface area contributed by atoms with Gasteiger partial charge in [-0.15, -0.1) is 0 Å². The van der Waals surface area contributed by atoms with E-state index in [1.165, 1.54) is 0 Å². The number of nitrogens with zero attached hydrogens (tertiary/aromatic N) is 1. The van der Waals surface area contributed by atoms with Crippen molar-refractivity contribution in [3.8, 4) is 0 Å². The van der Waals surface area contributed by atoms with Gasteiger partial charge in [0.15, 0.2) is 0 Å². The fourth-order valence-corrected chi connectivity index (χ4v) is 1.85. The summed E-state index contributed by atoms with van der Waals surface area (Å²) < 4.78 is 7.59. The lowest BCUT2D eigenvalue weighted by molar-refractivity contribution is 0.0684. The highest BCUT2D eigenvalue weighted by molar-refractivity contribution is 14.1. The molecule has 0 spiro atoms. The molecule has 0 unspecified atom stereocenters. The van der Waals surface area contributed by atoms with E-state index in [4.69, 9.17) is 9.84 Å². The smallest absolute Gasteiger partial charge is 0.352 e. The molecule has 0 atom stereocenters. The Morgan fingerprint density at radius 2 is 2.43 bits per heavy atom. The third-order valence-electron chi connectivity index (χ3n) is 1.83. The van der Waals surface area contributed by atoms with Crippen LogP contribution in [0.15, 0.2) is 12.3 Å². The number of carboxylic acids is 1. The molecule has 0 fully saturated rings. The maximum absolute atomic E-state index is 10.8. The minimum absolute atomic E-state index is 0.338. The van der Waals surface area contributed by atoms with E-state index in [0.717, 1.165) is 9.99 Å². The van der Waals surface area contributed by atoms with Gasteiger partial charge in [0.2, 0.25) is 0 Å². The Morgan fingerprint density at radius 1 is 1.71 bits per heavy atom. The summed E-state index contributed by atoms with van der Waals surface area (Å²) in [4.78, 5) is 10.8. The molecule has 0 bridgehead atoms. The van der Waals surface area contributed by atoms with Gasteiger partial charge < -0.3 is 14.4 Å². The van der Waals surface area contributed by atoms with Crippen molar-refractivity contribution in [1.82, 2.24) is 4.57 Å². The zero-order valence-corrected chi connectivity index (χ0v) is 10.0. The molecule has 1 rings (SSSR count). The lowest BCUT2D eigenvalue weighted by Gasteiger charge is -2.04. The summed E-state index contributed by atoms with van der Waals surface area (Å²) in [5.74, 6) is -0.884. The molecule has 1 aromatic heterocycles. The molecular formula is C9H12INO3. The summed E-state index contributed by atoms with van der Waals surface area (Å²) in [6.45, 7) is 1.33. The van der Waals surface area contributed by atoms with Crippen LogP contribution < -0.4 is 0 Å². The minimum atomic E-state index is -0.884. The Morgan fingerprint density at radius 3 is 3.00 bits per heavy atom. The Labute approximate surface area is 96.0 Å². The van der Waals surface area contributed by atoms with Gasteiger partial charge in [0.25, 0.3) is 0 Å². The number of hydrogen-bond donors (Lipinski definition) is 1. The number of hydrogen-bond acceptors (Lipinski definition) is 2. The molecular weight excluding hydrogens is 297 g/mol. The summed E-state index contributed by atoms with van der Waals surface area (Å²) in [6, 6.07) is 1.66. The molecule has 0 aliphatic rings. The highest BCUT2D eigenvalue weighted by Gasteiger charge is 2.10. The highest BCUT2D eigenvalue weighted by Crippen LogP contribution is 2.11. The second-order valence-electron chi connectivity index (χ2n) is 2.89. The van der Waals surface area contributed by atoms with Crippen molar-refractivity contribution in [2.75, 3.05) is 13.7 Å². The molecule has 0 aromatic carbocycles. The molecule has 0 aliphatic carbocycles. The van der Waals surface area contributed by atoms with Gasteiger partial charge in [-0.3, -0.25) is 0 Å². The van der Waals surface area contributed by atoms with E-state index in [2.05, 4.69) is 22.6 Å². The standard InChI is InChI=1S/C9H12INO3/c1-14-4-2-3-11-6-7(10)5-8(11)9(12)13/h5-6H,2-4H2,1H3,(H,12,13). The van der Waals surface area contributed by atoms with Crippen LogP contribution in [0.25, 0.3) is 0 Å². The molecule has 4 nitrogen and oxygen atoms in total. The zero-order chi connectivity index (χ0) is 10.6. The third kappa shape index (κ3) is 2.98. The van der Waals surface area contributed by atoms with Crippen LogP contribution in [0.3, 0.4) is 0 Å². The number of methoxy groups -OCH3 is 1. The average Bonchev–Trinajstić information content (AvgIpc) is 2.47. The first-order valence-corrected chi connectivity index (χ1v) is 5.31. The average molecular weight is 309 g/mol. The first-order chi connectivity index (χ1) is 6.65. The molecule has 0 saturated carbocycles. The lowest BCUT2D eigenvalue weighted by Crippen LogP contribution is -2.08. The van der Waals surface area contributed by atoms with E-state index in [0.29, 0.717) is 18.8 Å². The Hall–Kier alpha value is -0.560. The second kappa shape index (κ2) is 5.35. The van der Waals surface area contributed by atoms with E-state index < -0.39 is 5.97 Å². The summed E-state index contributed by atoms with van der Waals surface area (Å²) in [7, 11) is 1.64. The van der Waals surface area contributed by atoms with Crippen LogP contribution >= 0.6 is 22.6 Å². The van der Waals surface area contributed by atoms with Crippen LogP contribution in [0.1, 0.15) is 16.9 Å². The number of rotatable bonds is 5. The van der Waals surface area contributed by atoms with Crippen LogP contribution in [-0.4, -0.2) is 29.4 Å². The number of carbonyl (C=O) groups is 1. The summed E-state index contributed by atoms with van der Waals surface area (Å²) in [5, 5.41) is 8.88. The largest absolute Gasteiger partial charge is 0.477 e. The molecule has 0 aliphatic heterocycles. The van der Waals surface area contributed by atoms with Crippen LogP contribution in [-0.2, 0) is 11.3 Å². The summed E-state index contributed by atoms with van der Waals surface area (Å²) in [5.41, 5.74) is 0.338. The molecule has 5 heteroatoms. The van der Waals surface area contributed by atoms with Crippen molar-refractivity contribution >= 4 is 28.6 Å². The Bertz CT molecular complexity index is 322.